The zero-order valence-corrected chi connectivity index (χ0v) is 14.3. The van der Waals surface area contributed by atoms with Crippen LogP contribution in [0, 0.1) is 6.92 Å². The summed E-state index contributed by atoms with van der Waals surface area (Å²) >= 11 is 0. The van der Waals surface area contributed by atoms with Crippen LogP contribution in [-0.4, -0.2) is 31.8 Å². The van der Waals surface area contributed by atoms with Crippen LogP contribution in [0.25, 0.3) is 0 Å². The maximum absolute atomic E-state index is 12.5. The second kappa shape index (κ2) is 7.65. The number of carbonyl (C=O) groups is 1. The van der Waals surface area contributed by atoms with E-state index < -0.39 is 0 Å². The molecule has 7 nitrogen and oxygen atoms in total. The molecule has 7 heteroatoms. The van der Waals surface area contributed by atoms with Crippen molar-refractivity contribution in [3.8, 4) is 5.75 Å². The summed E-state index contributed by atoms with van der Waals surface area (Å²) in [5.74, 6) is 0.524. The minimum atomic E-state index is -0.182. The topological polar surface area (TPSA) is 74.0 Å². The molecule has 2 heterocycles. The molecule has 0 aliphatic heterocycles. The van der Waals surface area contributed by atoms with E-state index in [1.54, 1.807) is 23.3 Å². The van der Waals surface area contributed by atoms with Crippen molar-refractivity contribution in [2.75, 3.05) is 11.9 Å². The molecule has 0 saturated heterocycles. The van der Waals surface area contributed by atoms with Crippen molar-refractivity contribution in [3.63, 3.8) is 0 Å². The SMILES string of the molecule is CCn1nc(C)cc1C(=O)Nc1cccc(OCCn2ccnc2)c1. The van der Waals surface area contributed by atoms with E-state index in [1.165, 1.54) is 0 Å². The highest BCUT2D eigenvalue weighted by Gasteiger charge is 2.13. The zero-order valence-electron chi connectivity index (χ0n) is 14.3. The second-order valence-corrected chi connectivity index (χ2v) is 5.62. The lowest BCUT2D eigenvalue weighted by molar-refractivity contribution is 0.101. The highest BCUT2D eigenvalue weighted by Crippen LogP contribution is 2.18. The van der Waals surface area contributed by atoms with Crippen molar-refractivity contribution >= 4 is 11.6 Å². The van der Waals surface area contributed by atoms with Gasteiger partial charge in [0, 0.05) is 30.7 Å². The van der Waals surface area contributed by atoms with Crippen LogP contribution >= 0.6 is 0 Å². The Morgan fingerprint density at radius 1 is 1.32 bits per heavy atom. The molecule has 0 atom stereocenters. The Bertz CT molecular complexity index is 839. The lowest BCUT2D eigenvalue weighted by Gasteiger charge is -2.10. The lowest BCUT2D eigenvalue weighted by Crippen LogP contribution is -2.17. The van der Waals surface area contributed by atoms with Crippen molar-refractivity contribution in [2.45, 2.75) is 26.9 Å². The monoisotopic (exact) mass is 339 g/mol. The van der Waals surface area contributed by atoms with E-state index >= 15 is 0 Å². The summed E-state index contributed by atoms with van der Waals surface area (Å²) in [5, 5.41) is 7.19. The molecule has 2 aromatic heterocycles. The minimum Gasteiger partial charge on any atom is -0.492 e. The van der Waals surface area contributed by atoms with Gasteiger partial charge in [-0.1, -0.05) is 6.07 Å². The fraction of sp³-hybridized carbons (Fsp3) is 0.278. The lowest BCUT2D eigenvalue weighted by atomic mass is 10.2. The van der Waals surface area contributed by atoms with Crippen molar-refractivity contribution < 1.29 is 9.53 Å². The molecule has 1 aromatic carbocycles. The van der Waals surface area contributed by atoms with E-state index in [4.69, 9.17) is 4.74 Å². The molecule has 1 amide bonds. The number of rotatable bonds is 7. The van der Waals surface area contributed by atoms with Gasteiger partial charge in [-0.2, -0.15) is 5.10 Å². The van der Waals surface area contributed by atoms with Gasteiger partial charge in [0.1, 0.15) is 18.1 Å². The third-order valence-electron chi connectivity index (χ3n) is 3.70. The zero-order chi connectivity index (χ0) is 17.6. The number of nitrogens with one attached hydrogen (secondary N) is 1. The van der Waals surface area contributed by atoms with Gasteiger partial charge in [0.15, 0.2) is 0 Å². The van der Waals surface area contributed by atoms with E-state index in [-0.39, 0.29) is 5.91 Å². The number of aromatic nitrogens is 4. The number of amides is 1. The van der Waals surface area contributed by atoms with Crippen LogP contribution in [0.2, 0.25) is 0 Å². The molecule has 0 radical (unpaired) electrons. The largest absolute Gasteiger partial charge is 0.492 e. The molecule has 130 valence electrons. The van der Waals surface area contributed by atoms with Gasteiger partial charge in [-0.15, -0.1) is 0 Å². The van der Waals surface area contributed by atoms with Gasteiger partial charge in [-0.25, -0.2) is 4.98 Å². The Labute approximate surface area is 146 Å². The molecule has 0 aliphatic carbocycles. The molecule has 3 aromatic rings. The van der Waals surface area contributed by atoms with E-state index in [1.807, 2.05) is 48.9 Å². The summed E-state index contributed by atoms with van der Waals surface area (Å²) < 4.78 is 9.37. The summed E-state index contributed by atoms with van der Waals surface area (Å²) in [5.41, 5.74) is 2.06. The number of anilines is 1. The standard InChI is InChI=1S/C18H21N5O2/c1-3-23-17(11-14(2)21-23)18(24)20-15-5-4-6-16(12-15)25-10-9-22-8-7-19-13-22/h4-8,11-13H,3,9-10H2,1-2H3,(H,20,24). The average Bonchev–Trinajstić information content (AvgIpc) is 3.24. The number of carbonyl (C=O) groups excluding carboxylic acids is 1. The first kappa shape index (κ1) is 16.8. The predicted octanol–water partition coefficient (Wildman–Crippen LogP) is 2.74. The number of hydrogen-bond donors (Lipinski definition) is 1. The summed E-state index contributed by atoms with van der Waals surface area (Å²) in [6.07, 6.45) is 5.37. The molecular weight excluding hydrogens is 318 g/mol. The van der Waals surface area contributed by atoms with Crippen LogP contribution in [0.1, 0.15) is 23.1 Å². The van der Waals surface area contributed by atoms with Gasteiger partial charge in [0.25, 0.3) is 5.91 Å². The van der Waals surface area contributed by atoms with Crippen LogP contribution in [0.4, 0.5) is 5.69 Å². The molecule has 0 spiro atoms. The van der Waals surface area contributed by atoms with Gasteiger partial charge >= 0.3 is 0 Å². The molecule has 0 unspecified atom stereocenters. The molecule has 0 saturated carbocycles. The van der Waals surface area contributed by atoms with E-state index in [0.29, 0.717) is 36.8 Å². The Morgan fingerprint density at radius 2 is 2.20 bits per heavy atom. The predicted molar refractivity (Wildman–Crippen MR) is 94.8 cm³/mol. The first-order valence-electron chi connectivity index (χ1n) is 8.20. The first-order chi connectivity index (χ1) is 12.2. The number of hydrogen-bond acceptors (Lipinski definition) is 4. The third kappa shape index (κ3) is 4.26. The molecule has 3 rings (SSSR count). The Hall–Kier alpha value is -3.09. The van der Waals surface area contributed by atoms with Crippen LogP contribution < -0.4 is 10.1 Å². The number of imidazole rings is 1. The van der Waals surface area contributed by atoms with Gasteiger partial charge in [0.05, 0.1) is 18.6 Å². The Kier molecular flexibility index (Phi) is 5.13. The molecule has 1 N–H and O–H groups in total. The summed E-state index contributed by atoms with van der Waals surface area (Å²) in [6, 6.07) is 9.14. The van der Waals surface area contributed by atoms with Crippen LogP contribution in [0.15, 0.2) is 49.1 Å². The highest BCUT2D eigenvalue weighted by molar-refractivity contribution is 6.03. The summed E-state index contributed by atoms with van der Waals surface area (Å²) in [4.78, 5) is 16.5. The number of nitrogens with zero attached hydrogens (tertiary/aromatic N) is 4. The van der Waals surface area contributed by atoms with E-state index in [9.17, 15) is 4.79 Å². The van der Waals surface area contributed by atoms with Crippen LogP contribution in [-0.2, 0) is 13.1 Å². The Balaban J connectivity index is 1.61. The molecule has 0 fully saturated rings. The number of benzene rings is 1. The normalized spacial score (nSPS) is 10.6. The van der Waals surface area contributed by atoms with Crippen molar-refractivity contribution in [3.05, 3.63) is 60.4 Å². The maximum atomic E-state index is 12.5. The maximum Gasteiger partial charge on any atom is 0.273 e. The quantitative estimate of drug-likeness (QED) is 0.718. The Morgan fingerprint density at radius 3 is 2.96 bits per heavy atom. The fourth-order valence-electron chi connectivity index (χ4n) is 2.52. The molecule has 25 heavy (non-hydrogen) atoms. The summed E-state index contributed by atoms with van der Waals surface area (Å²) in [7, 11) is 0. The molecule has 0 aliphatic rings. The van der Waals surface area contributed by atoms with Crippen molar-refractivity contribution in [1.29, 1.82) is 0 Å². The average molecular weight is 339 g/mol. The van der Waals surface area contributed by atoms with Gasteiger partial charge in [0.2, 0.25) is 0 Å². The minimum absolute atomic E-state index is 0.182. The smallest absolute Gasteiger partial charge is 0.273 e. The summed E-state index contributed by atoms with van der Waals surface area (Å²) in [6.45, 7) is 5.71. The van der Waals surface area contributed by atoms with Crippen LogP contribution in [0.5, 0.6) is 5.75 Å². The van der Waals surface area contributed by atoms with Crippen molar-refractivity contribution in [2.24, 2.45) is 0 Å². The van der Waals surface area contributed by atoms with Crippen LogP contribution in [0.3, 0.4) is 0 Å². The fourth-order valence-corrected chi connectivity index (χ4v) is 2.52. The van der Waals surface area contributed by atoms with Gasteiger partial charge < -0.3 is 14.6 Å². The van der Waals surface area contributed by atoms with E-state index in [0.717, 1.165) is 5.69 Å². The van der Waals surface area contributed by atoms with Gasteiger partial charge in [-0.05, 0) is 32.0 Å². The van der Waals surface area contributed by atoms with Gasteiger partial charge in [-0.3, -0.25) is 9.48 Å². The number of aryl methyl sites for hydroxylation is 2. The number of ether oxygens (including phenoxy) is 1. The molecule has 0 bridgehead atoms. The highest BCUT2D eigenvalue weighted by atomic mass is 16.5. The van der Waals surface area contributed by atoms with E-state index in [2.05, 4.69) is 15.4 Å². The molecular formula is C18H21N5O2. The second-order valence-electron chi connectivity index (χ2n) is 5.62. The third-order valence-corrected chi connectivity index (χ3v) is 3.70. The van der Waals surface area contributed by atoms with Crippen molar-refractivity contribution in [1.82, 2.24) is 19.3 Å². The first-order valence-corrected chi connectivity index (χ1v) is 8.20.